The molecule has 20 heavy (non-hydrogen) atoms. The maximum Gasteiger partial charge on any atom is 0.100 e. The number of aromatic nitrogens is 2. The predicted molar refractivity (Wildman–Crippen MR) is 81.5 cm³/mol. The number of aryl methyl sites for hydroxylation is 2. The van der Waals surface area contributed by atoms with Gasteiger partial charge in [0.1, 0.15) is 6.33 Å². The molecule has 0 bridgehead atoms. The first-order chi connectivity index (χ1) is 9.60. The fourth-order valence-corrected chi connectivity index (χ4v) is 2.52. The Labute approximate surface area is 122 Å². The highest BCUT2D eigenvalue weighted by Gasteiger charge is 2.10. The van der Waals surface area contributed by atoms with Crippen LogP contribution in [0.3, 0.4) is 0 Å². The van der Waals surface area contributed by atoms with Gasteiger partial charge in [0.05, 0.1) is 23.3 Å². The van der Waals surface area contributed by atoms with Gasteiger partial charge in [-0.1, -0.05) is 17.7 Å². The van der Waals surface area contributed by atoms with Crippen molar-refractivity contribution in [2.45, 2.75) is 20.5 Å². The van der Waals surface area contributed by atoms with Crippen LogP contribution < -0.4 is 0 Å². The van der Waals surface area contributed by atoms with Crippen molar-refractivity contribution in [2.24, 2.45) is 0 Å². The molecule has 0 radical (unpaired) electrons. The first kappa shape index (κ1) is 13.2. The minimum Gasteiger partial charge on any atom is -0.392 e. The fraction of sp³-hybridized carbons (Fsp3) is 0.188. The average molecular weight is 287 g/mol. The first-order valence-electron chi connectivity index (χ1n) is 6.44. The second-order valence-electron chi connectivity index (χ2n) is 4.97. The molecule has 0 aliphatic carbocycles. The van der Waals surface area contributed by atoms with Crippen molar-refractivity contribution in [1.82, 2.24) is 9.55 Å². The van der Waals surface area contributed by atoms with E-state index in [-0.39, 0.29) is 6.61 Å². The van der Waals surface area contributed by atoms with E-state index in [1.54, 1.807) is 12.4 Å². The summed E-state index contributed by atoms with van der Waals surface area (Å²) >= 11 is 6.08. The zero-order valence-corrected chi connectivity index (χ0v) is 12.1. The van der Waals surface area contributed by atoms with Gasteiger partial charge in [-0.05, 0) is 49.2 Å². The topological polar surface area (TPSA) is 38.0 Å². The number of fused-ring (bicyclic) bond motifs is 1. The molecule has 0 unspecified atom stereocenters. The van der Waals surface area contributed by atoms with E-state index in [9.17, 15) is 5.11 Å². The van der Waals surface area contributed by atoms with Crippen LogP contribution in [0.5, 0.6) is 0 Å². The Morgan fingerprint density at radius 3 is 2.65 bits per heavy atom. The van der Waals surface area contributed by atoms with Gasteiger partial charge in [0.25, 0.3) is 0 Å². The Hall–Kier alpha value is -1.84. The largest absolute Gasteiger partial charge is 0.392 e. The van der Waals surface area contributed by atoms with Crippen molar-refractivity contribution in [3.63, 3.8) is 0 Å². The van der Waals surface area contributed by atoms with Crippen LogP contribution in [0.1, 0.15) is 16.7 Å². The van der Waals surface area contributed by atoms with E-state index in [1.807, 2.05) is 16.7 Å². The Balaban J connectivity index is 2.30. The van der Waals surface area contributed by atoms with Crippen molar-refractivity contribution in [3.05, 3.63) is 58.4 Å². The van der Waals surface area contributed by atoms with Gasteiger partial charge in [-0.15, -0.1) is 0 Å². The lowest BCUT2D eigenvalue weighted by molar-refractivity contribution is 0.281. The monoisotopic (exact) mass is 286 g/mol. The van der Waals surface area contributed by atoms with Gasteiger partial charge in [0.2, 0.25) is 0 Å². The second-order valence-corrected chi connectivity index (χ2v) is 5.41. The number of aliphatic hydroxyl groups is 1. The third-order valence-electron chi connectivity index (χ3n) is 3.64. The fourth-order valence-electron chi connectivity index (χ4n) is 2.35. The molecule has 3 aromatic rings. The highest BCUT2D eigenvalue weighted by molar-refractivity contribution is 6.30. The molecule has 0 aliphatic rings. The minimum atomic E-state index is -0.0307. The molecule has 0 fully saturated rings. The number of nitrogens with zero attached hydrogens (tertiary/aromatic N) is 2. The molecule has 102 valence electrons. The number of hydrogen-bond acceptors (Lipinski definition) is 2. The van der Waals surface area contributed by atoms with Crippen LogP contribution in [0.25, 0.3) is 16.7 Å². The van der Waals surface area contributed by atoms with Crippen LogP contribution in [0.15, 0.2) is 36.7 Å². The molecule has 0 amide bonds. The molecule has 1 aromatic heterocycles. The number of imidazole rings is 1. The molecule has 0 spiro atoms. The third-order valence-corrected chi connectivity index (χ3v) is 3.88. The molecule has 3 rings (SSSR count). The molecule has 0 aliphatic heterocycles. The van der Waals surface area contributed by atoms with E-state index in [4.69, 9.17) is 11.6 Å². The van der Waals surface area contributed by atoms with Gasteiger partial charge in [-0.25, -0.2) is 4.98 Å². The van der Waals surface area contributed by atoms with Gasteiger partial charge >= 0.3 is 0 Å². The number of rotatable bonds is 2. The molecular weight excluding hydrogens is 272 g/mol. The van der Waals surface area contributed by atoms with Crippen LogP contribution in [-0.2, 0) is 6.61 Å². The lowest BCUT2D eigenvalue weighted by Gasteiger charge is -2.11. The Morgan fingerprint density at radius 1 is 1.15 bits per heavy atom. The third kappa shape index (κ3) is 2.09. The number of hydrogen-bond donors (Lipinski definition) is 1. The van der Waals surface area contributed by atoms with Crippen molar-refractivity contribution >= 4 is 22.6 Å². The zero-order valence-electron chi connectivity index (χ0n) is 11.4. The average Bonchev–Trinajstić information content (AvgIpc) is 2.82. The maximum absolute atomic E-state index is 9.50. The number of aliphatic hydroxyl groups excluding tert-OH is 1. The SMILES string of the molecule is Cc1cc2ncn(-c3cc(Cl)ccc3CO)c2cc1C. The lowest BCUT2D eigenvalue weighted by atomic mass is 10.1. The molecule has 0 atom stereocenters. The van der Waals surface area contributed by atoms with Gasteiger partial charge in [-0.3, -0.25) is 4.57 Å². The van der Waals surface area contributed by atoms with Gasteiger partial charge in [0.15, 0.2) is 0 Å². The van der Waals surface area contributed by atoms with Crippen molar-refractivity contribution in [1.29, 1.82) is 0 Å². The molecule has 0 saturated heterocycles. The summed E-state index contributed by atoms with van der Waals surface area (Å²) in [5, 5.41) is 10.1. The summed E-state index contributed by atoms with van der Waals surface area (Å²) in [4.78, 5) is 4.44. The van der Waals surface area contributed by atoms with E-state index in [2.05, 4.69) is 31.0 Å². The maximum atomic E-state index is 9.50. The Morgan fingerprint density at radius 2 is 1.90 bits per heavy atom. The minimum absolute atomic E-state index is 0.0307. The predicted octanol–water partition coefficient (Wildman–Crippen LogP) is 3.79. The number of benzene rings is 2. The van der Waals surface area contributed by atoms with Crippen LogP contribution in [0, 0.1) is 13.8 Å². The summed E-state index contributed by atoms with van der Waals surface area (Å²) in [7, 11) is 0. The highest BCUT2D eigenvalue weighted by atomic mass is 35.5. The molecule has 3 nitrogen and oxygen atoms in total. The first-order valence-corrected chi connectivity index (χ1v) is 6.82. The molecule has 1 N–H and O–H groups in total. The van der Waals surface area contributed by atoms with E-state index in [1.165, 1.54) is 11.1 Å². The summed E-state index contributed by atoms with van der Waals surface area (Å²) in [6, 6.07) is 9.66. The molecule has 1 heterocycles. The Kier molecular flexibility index (Phi) is 3.24. The molecule has 4 heteroatoms. The lowest BCUT2D eigenvalue weighted by Crippen LogP contribution is -1.99. The van der Waals surface area contributed by atoms with Gasteiger partial charge in [0, 0.05) is 10.6 Å². The van der Waals surface area contributed by atoms with E-state index in [0.717, 1.165) is 22.3 Å². The van der Waals surface area contributed by atoms with E-state index >= 15 is 0 Å². The van der Waals surface area contributed by atoms with Crippen LogP contribution in [0.2, 0.25) is 5.02 Å². The highest BCUT2D eigenvalue weighted by Crippen LogP contribution is 2.26. The molecule has 2 aromatic carbocycles. The van der Waals surface area contributed by atoms with Crippen molar-refractivity contribution in [2.75, 3.05) is 0 Å². The molecule has 0 saturated carbocycles. The normalized spacial score (nSPS) is 11.2. The van der Waals surface area contributed by atoms with Crippen molar-refractivity contribution in [3.8, 4) is 5.69 Å². The van der Waals surface area contributed by atoms with Gasteiger partial charge in [-0.2, -0.15) is 0 Å². The second kappa shape index (κ2) is 4.93. The zero-order chi connectivity index (χ0) is 14.3. The summed E-state index contributed by atoms with van der Waals surface area (Å²) in [6.07, 6.45) is 1.77. The summed E-state index contributed by atoms with van der Waals surface area (Å²) in [5.74, 6) is 0. The van der Waals surface area contributed by atoms with Gasteiger partial charge < -0.3 is 5.11 Å². The van der Waals surface area contributed by atoms with Crippen molar-refractivity contribution < 1.29 is 5.11 Å². The smallest absolute Gasteiger partial charge is 0.100 e. The Bertz CT molecular complexity index is 793. The number of halogens is 1. The van der Waals surface area contributed by atoms with Crippen LogP contribution in [0.4, 0.5) is 0 Å². The quantitative estimate of drug-likeness (QED) is 0.778. The van der Waals surface area contributed by atoms with E-state index in [0.29, 0.717) is 5.02 Å². The summed E-state index contributed by atoms with van der Waals surface area (Å²) < 4.78 is 1.97. The summed E-state index contributed by atoms with van der Waals surface area (Å²) in [6.45, 7) is 4.13. The van der Waals surface area contributed by atoms with Crippen LogP contribution >= 0.6 is 11.6 Å². The van der Waals surface area contributed by atoms with E-state index < -0.39 is 0 Å². The van der Waals surface area contributed by atoms with Crippen LogP contribution in [-0.4, -0.2) is 14.7 Å². The molecular formula is C16H15ClN2O. The standard InChI is InChI=1S/C16H15ClN2O/c1-10-5-14-16(6-11(10)2)19(9-18-14)15-7-13(17)4-3-12(15)8-20/h3-7,9,20H,8H2,1-2H3. The summed E-state index contributed by atoms with van der Waals surface area (Å²) in [5.41, 5.74) is 6.09.